The third-order valence-electron chi connectivity index (χ3n) is 0.960. The molecule has 0 bridgehead atoms. The van der Waals surface area contributed by atoms with Crippen molar-refractivity contribution < 1.29 is 0 Å². The van der Waals surface area contributed by atoms with Crippen LogP contribution in [0.15, 0.2) is 0 Å². The summed E-state index contributed by atoms with van der Waals surface area (Å²) in [5, 5.41) is 0. The minimum atomic E-state index is 0.840. The predicted molar refractivity (Wildman–Crippen MR) is 33.3 cm³/mol. The molecule has 0 fully saturated rings. The SMILES string of the molecule is CC[CH]([AlH2])CCl. The molecule has 0 saturated heterocycles. The number of hydrogen-bond acceptors (Lipinski definition) is 0. The van der Waals surface area contributed by atoms with Crippen molar-refractivity contribution in [3.8, 4) is 0 Å². The van der Waals surface area contributed by atoms with Gasteiger partial charge < -0.3 is 0 Å². The molecule has 0 nitrogen and oxygen atoms in total. The van der Waals surface area contributed by atoms with Crippen LogP contribution in [-0.4, -0.2) is 22.2 Å². The van der Waals surface area contributed by atoms with Crippen molar-refractivity contribution >= 4 is 27.9 Å². The van der Waals surface area contributed by atoms with E-state index in [1.165, 1.54) is 22.7 Å². The molecule has 0 heterocycles. The maximum Gasteiger partial charge on any atom is 0.218 e. The van der Waals surface area contributed by atoms with E-state index in [1.807, 2.05) is 0 Å². The second kappa shape index (κ2) is 3.99. The monoisotopic (exact) mass is 120 g/mol. The largest absolute Gasteiger partial charge is 0.218 e. The first-order valence-corrected chi connectivity index (χ1v) is 4.06. The minimum absolute atomic E-state index is 0.840. The summed E-state index contributed by atoms with van der Waals surface area (Å²) in [5.41, 5.74) is 0. The van der Waals surface area contributed by atoms with Gasteiger partial charge in [-0.2, -0.15) is 0 Å². The van der Waals surface area contributed by atoms with Crippen LogP contribution in [0.2, 0.25) is 4.78 Å². The topological polar surface area (TPSA) is 0 Å². The third kappa shape index (κ3) is 3.03. The van der Waals surface area contributed by atoms with Gasteiger partial charge in [0.2, 0.25) is 16.3 Å². The first kappa shape index (κ1) is 6.82. The van der Waals surface area contributed by atoms with E-state index >= 15 is 0 Å². The van der Waals surface area contributed by atoms with E-state index < -0.39 is 0 Å². The van der Waals surface area contributed by atoms with Crippen LogP contribution in [0.4, 0.5) is 0 Å². The summed E-state index contributed by atoms with van der Waals surface area (Å²) in [6, 6.07) is 0. The van der Waals surface area contributed by atoms with Crippen LogP contribution < -0.4 is 0 Å². The first-order chi connectivity index (χ1) is 2.81. The zero-order chi connectivity index (χ0) is 4.99. The lowest BCUT2D eigenvalue weighted by atomic mass is 10.4. The van der Waals surface area contributed by atoms with Gasteiger partial charge in [-0.1, -0.05) is 18.1 Å². The molecule has 0 aromatic heterocycles. The Labute approximate surface area is 52.3 Å². The first-order valence-electron chi connectivity index (χ1n) is 2.37. The minimum Gasteiger partial charge on any atom is -0.128 e. The summed E-state index contributed by atoms with van der Waals surface area (Å²) in [6.45, 7) is 2.18. The highest BCUT2D eigenvalue weighted by Gasteiger charge is 1.91. The summed E-state index contributed by atoms with van der Waals surface area (Å²) in [5.74, 6) is 0.864. The molecule has 0 aromatic carbocycles. The fourth-order valence-electron chi connectivity index (χ4n) is 0.109. The lowest BCUT2D eigenvalue weighted by Gasteiger charge is -1.96. The molecule has 0 aliphatic carbocycles. The van der Waals surface area contributed by atoms with E-state index in [9.17, 15) is 0 Å². The van der Waals surface area contributed by atoms with Gasteiger partial charge in [0, 0.05) is 5.88 Å². The van der Waals surface area contributed by atoms with Gasteiger partial charge in [0.15, 0.2) is 0 Å². The Kier molecular flexibility index (Phi) is 4.54. The summed E-state index contributed by atoms with van der Waals surface area (Å²) < 4.78 is 0.840. The Morgan fingerprint density at radius 1 is 1.83 bits per heavy atom. The zero-order valence-electron chi connectivity index (χ0n) is 4.37. The molecule has 0 saturated carbocycles. The highest BCUT2D eigenvalue weighted by molar-refractivity contribution is 6.24. The van der Waals surface area contributed by atoms with Gasteiger partial charge in [0.25, 0.3) is 0 Å². The van der Waals surface area contributed by atoms with Crippen molar-refractivity contribution in [1.29, 1.82) is 0 Å². The Bertz CT molecular complexity index is 26.7. The number of hydrogen-bond donors (Lipinski definition) is 0. The molecule has 0 aromatic rings. The van der Waals surface area contributed by atoms with Gasteiger partial charge in [-0.05, 0) is 0 Å². The Morgan fingerprint density at radius 3 is 2.33 bits per heavy atom. The summed E-state index contributed by atoms with van der Waals surface area (Å²) >= 11 is 6.75. The van der Waals surface area contributed by atoms with Crippen LogP contribution in [0, 0.1) is 0 Å². The van der Waals surface area contributed by atoms with Crippen molar-refractivity contribution in [1.82, 2.24) is 0 Å². The van der Waals surface area contributed by atoms with E-state index in [-0.39, 0.29) is 0 Å². The lowest BCUT2D eigenvalue weighted by Crippen LogP contribution is -1.88. The van der Waals surface area contributed by atoms with Crippen molar-refractivity contribution in [2.75, 3.05) is 5.88 Å². The molecule has 1 unspecified atom stereocenters. The summed E-state index contributed by atoms with van der Waals surface area (Å²) in [6.07, 6.45) is 1.26. The molecule has 6 heavy (non-hydrogen) atoms. The van der Waals surface area contributed by atoms with Gasteiger partial charge in [-0.15, -0.1) is 11.6 Å². The molecule has 0 amide bonds. The quantitative estimate of drug-likeness (QED) is 0.378. The van der Waals surface area contributed by atoms with Gasteiger partial charge in [-0.3, -0.25) is 0 Å². The summed E-state index contributed by atoms with van der Waals surface area (Å²) in [7, 11) is 0. The van der Waals surface area contributed by atoms with E-state index in [2.05, 4.69) is 6.92 Å². The Balaban J connectivity index is 2.75. The third-order valence-corrected chi connectivity index (χ3v) is 3.23. The molecule has 0 rings (SSSR count). The average molecular weight is 121 g/mol. The smallest absolute Gasteiger partial charge is 0.128 e. The van der Waals surface area contributed by atoms with Gasteiger partial charge in [0.1, 0.15) is 0 Å². The second-order valence-corrected chi connectivity index (χ2v) is 3.61. The van der Waals surface area contributed by atoms with E-state index in [1.54, 1.807) is 0 Å². The Morgan fingerprint density at radius 2 is 2.33 bits per heavy atom. The average Bonchev–Trinajstić information content (AvgIpc) is 1.65. The van der Waals surface area contributed by atoms with E-state index in [0.29, 0.717) is 0 Å². The fourth-order valence-corrected chi connectivity index (χ4v) is 0.327. The summed E-state index contributed by atoms with van der Waals surface area (Å²) in [4.78, 5) is 0. The fraction of sp³-hybridized carbons (Fsp3) is 1.00. The van der Waals surface area contributed by atoms with Crippen molar-refractivity contribution in [2.24, 2.45) is 0 Å². The number of rotatable bonds is 2. The highest BCUT2D eigenvalue weighted by Crippen LogP contribution is 2.04. The normalized spacial score (nSPS) is 14.3. The van der Waals surface area contributed by atoms with Crippen molar-refractivity contribution in [3.05, 3.63) is 0 Å². The molecular weight excluding hydrogens is 110 g/mol. The van der Waals surface area contributed by atoms with Gasteiger partial charge in [0.05, 0.1) is 0 Å². The molecule has 0 aliphatic heterocycles. The van der Waals surface area contributed by atoms with Crippen LogP contribution in [0.1, 0.15) is 13.3 Å². The van der Waals surface area contributed by atoms with Crippen LogP contribution in [0.25, 0.3) is 0 Å². The van der Waals surface area contributed by atoms with Crippen LogP contribution in [-0.2, 0) is 0 Å². The molecule has 0 aliphatic rings. The maximum atomic E-state index is 5.49. The van der Waals surface area contributed by atoms with Crippen molar-refractivity contribution in [3.63, 3.8) is 0 Å². The molecule has 2 heteroatoms. The zero-order valence-corrected chi connectivity index (χ0v) is 7.13. The molecule has 0 radical (unpaired) electrons. The molecule has 0 spiro atoms. The molecule has 36 valence electrons. The van der Waals surface area contributed by atoms with Crippen LogP contribution in [0.3, 0.4) is 0 Å². The maximum absolute atomic E-state index is 5.49. The molecule has 0 N–H and O–H groups in total. The molecular formula is C4H10AlCl. The van der Waals surface area contributed by atoms with E-state index in [0.717, 1.165) is 10.7 Å². The van der Waals surface area contributed by atoms with Crippen molar-refractivity contribution in [2.45, 2.75) is 18.1 Å². The highest BCUT2D eigenvalue weighted by atomic mass is 35.5. The number of alkyl halides is 1. The van der Waals surface area contributed by atoms with Crippen LogP contribution >= 0.6 is 11.6 Å². The molecule has 1 atom stereocenters. The van der Waals surface area contributed by atoms with Crippen LogP contribution in [0.5, 0.6) is 0 Å². The lowest BCUT2D eigenvalue weighted by molar-refractivity contribution is 0.887. The van der Waals surface area contributed by atoms with Gasteiger partial charge in [-0.25, -0.2) is 0 Å². The predicted octanol–water partition coefficient (Wildman–Crippen LogP) is 1.06. The second-order valence-electron chi connectivity index (χ2n) is 1.67. The Hall–Kier alpha value is 0.822. The van der Waals surface area contributed by atoms with E-state index in [4.69, 9.17) is 11.6 Å². The standard InChI is InChI=1S/C4H8Cl.Al.2H/c1-2-3-4-5;;;/h3H,2,4H2,1H3;;;. The number of halogens is 1. The van der Waals surface area contributed by atoms with Gasteiger partial charge >= 0.3 is 0 Å².